The quantitative estimate of drug-likeness (QED) is 0.691. The third kappa shape index (κ3) is 4.48. The maximum atomic E-state index is 12.9. The third-order valence-electron chi connectivity index (χ3n) is 3.64. The first-order valence-corrected chi connectivity index (χ1v) is 8.56. The van der Waals surface area contributed by atoms with E-state index in [0.29, 0.717) is 5.56 Å². The van der Waals surface area contributed by atoms with Gasteiger partial charge in [0.2, 0.25) is 0 Å². The second kappa shape index (κ2) is 8.24. The van der Waals surface area contributed by atoms with Crippen molar-refractivity contribution >= 4 is 34.8 Å². The number of halogens is 3. The molecule has 1 heterocycles. The minimum atomic E-state index is -0.649. The van der Waals surface area contributed by atoms with Gasteiger partial charge in [0, 0.05) is 6.20 Å². The molecule has 3 rings (SSSR count). The molecule has 0 atom stereocenters. The molecular weight excluding hydrogens is 394 g/mol. The zero-order valence-corrected chi connectivity index (χ0v) is 15.3. The predicted octanol–water partition coefficient (Wildman–Crippen LogP) is 4.18. The van der Waals surface area contributed by atoms with E-state index in [9.17, 15) is 14.0 Å². The molecule has 0 spiro atoms. The van der Waals surface area contributed by atoms with Gasteiger partial charge in [0.15, 0.2) is 0 Å². The number of hydrogen-bond donors (Lipinski definition) is 1. The standard InChI is InChI=1S/C19H13Cl2FN2O3/c20-15-4-1-5-16(17(15)21)23-18(25)14-3-2-10-24(19(14)26)27-11-12-6-8-13(22)9-7-12/h1-10H,11H2,(H,23,25). The third-order valence-corrected chi connectivity index (χ3v) is 4.46. The van der Waals surface area contributed by atoms with Crippen molar-refractivity contribution in [2.75, 3.05) is 5.32 Å². The molecule has 1 aromatic heterocycles. The highest BCUT2D eigenvalue weighted by molar-refractivity contribution is 6.44. The fourth-order valence-corrected chi connectivity index (χ4v) is 2.61. The van der Waals surface area contributed by atoms with E-state index in [4.69, 9.17) is 28.0 Å². The van der Waals surface area contributed by atoms with Gasteiger partial charge in [0.1, 0.15) is 18.0 Å². The number of aromatic nitrogens is 1. The van der Waals surface area contributed by atoms with Gasteiger partial charge in [0.25, 0.3) is 11.5 Å². The molecule has 8 heteroatoms. The molecule has 2 aromatic carbocycles. The lowest BCUT2D eigenvalue weighted by atomic mass is 10.2. The summed E-state index contributed by atoms with van der Waals surface area (Å²) in [5.74, 6) is -1.02. The molecule has 0 aliphatic heterocycles. The fraction of sp³-hybridized carbons (Fsp3) is 0.0526. The number of hydrogen-bond acceptors (Lipinski definition) is 3. The number of anilines is 1. The van der Waals surface area contributed by atoms with Crippen LogP contribution in [0, 0.1) is 5.82 Å². The summed E-state index contributed by atoms with van der Waals surface area (Å²) in [6.07, 6.45) is 1.38. The summed E-state index contributed by atoms with van der Waals surface area (Å²) < 4.78 is 13.9. The lowest BCUT2D eigenvalue weighted by molar-refractivity contribution is 0.0863. The Balaban J connectivity index is 1.77. The van der Waals surface area contributed by atoms with Crippen LogP contribution in [0.3, 0.4) is 0 Å². The molecule has 0 bridgehead atoms. The van der Waals surface area contributed by atoms with Crippen LogP contribution in [0.25, 0.3) is 0 Å². The molecule has 0 fully saturated rings. The zero-order valence-electron chi connectivity index (χ0n) is 13.8. The number of carbonyl (C=O) groups excluding carboxylic acids is 1. The molecule has 0 saturated carbocycles. The number of amides is 1. The average molecular weight is 407 g/mol. The number of benzene rings is 2. The summed E-state index contributed by atoms with van der Waals surface area (Å²) in [7, 11) is 0. The first-order valence-electron chi connectivity index (χ1n) is 7.80. The number of carbonyl (C=O) groups is 1. The lowest BCUT2D eigenvalue weighted by Gasteiger charge is -2.11. The Morgan fingerprint density at radius 3 is 2.56 bits per heavy atom. The van der Waals surface area contributed by atoms with Gasteiger partial charge in [-0.1, -0.05) is 41.4 Å². The smallest absolute Gasteiger partial charge is 0.295 e. The molecule has 1 amide bonds. The van der Waals surface area contributed by atoms with Gasteiger partial charge in [-0.15, -0.1) is 0 Å². The van der Waals surface area contributed by atoms with Gasteiger partial charge >= 0.3 is 0 Å². The minimum absolute atomic E-state index is 0.0331. The summed E-state index contributed by atoms with van der Waals surface area (Å²) in [4.78, 5) is 30.3. The highest BCUT2D eigenvalue weighted by atomic mass is 35.5. The van der Waals surface area contributed by atoms with Crippen molar-refractivity contribution < 1.29 is 14.0 Å². The van der Waals surface area contributed by atoms with E-state index in [1.165, 1.54) is 42.6 Å². The van der Waals surface area contributed by atoms with E-state index in [1.807, 2.05) is 0 Å². The number of rotatable bonds is 5. The van der Waals surface area contributed by atoms with E-state index in [-0.39, 0.29) is 33.7 Å². The molecule has 0 aliphatic carbocycles. The Bertz CT molecular complexity index is 1040. The first-order chi connectivity index (χ1) is 13.0. The van der Waals surface area contributed by atoms with Gasteiger partial charge in [0.05, 0.1) is 15.7 Å². The highest BCUT2D eigenvalue weighted by Gasteiger charge is 2.15. The van der Waals surface area contributed by atoms with Crippen LogP contribution in [0.2, 0.25) is 10.0 Å². The average Bonchev–Trinajstić information content (AvgIpc) is 2.66. The van der Waals surface area contributed by atoms with E-state index in [1.54, 1.807) is 18.2 Å². The SMILES string of the molecule is O=C(Nc1cccc(Cl)c1Cl)c1cccn(OCc2ccc(F)cc2)c1=O. The van der Waals surface area contributed by atoms with E-state index in [0.717, 1.165) is 4.73 Å². The van der Waals surface area contributed by atoms with Gasteiger partial charge in [-0.25, -0.2) is 4.39 Å². The summed E-state index contributed by atoms with van der Waals surface area (Å²) in [5, 5.41) is 3.01. The van der Waals surface area contributed by atoms with Crippen molar-refractivity contribution in [3.63, 3.8) is 0 Å². The highest BCUT2D eigenvalue weighted by Crippen LogP contribution is 2.29. The van der Waals surface area contributed by atoms with Crippen LogP contribution in [0.1, 0.15) is 15.9 Å². The van der Waals surface area contributed by atoms with Crippen LogP contribution in [-0.4, -0.2) is 10.6 Å². The number of nitrogens with one attached hydrogen (secondary N) is 1. The molecular formula is C19H13Cl2FN2O3. The second-order valence-corrected chi connectivity index (χ2v) is 6.29. The number of nitrogens with zero attached hydrogens (tertiary/aromatic N) is 1. The Morgan fingerprint density at radius 2 is 1.81 bits per heavy atom. The van der Waals surface area contributed by atoms with Crippen LogP contribution in [0.5, 0.6) is 0 Å². The molecule has 0 radical (unpaired) electrons. The lowest BCUT2D eigenvalue weighted by Crippen LogP contribution is -2.32. The number of pyridine rings is 1. The minimum Gasteiger partial charge on any atom is -0.406 e. The summed E-state index contributed by atoms with van der Waals surface area (Å²) in [6.45, 7) is 0.0331. The molecule has 138 valence electrons. The van der Waals surface area contributed by atoms with Crippen molar-refractivity contribution in [1.29, 1.82) is 0 Å². The van der Waals surface area contributed by atoms with Crippen LogP contribution >= 0.6 is 23.2 Å². The van der Waals surface area contributed by atoms with Crippen molar-refractivity contribution in [1.82, 2.24) is 4.73 Å². The van der Waals surface area contributed by atoms with Crippen molar-refractivity contribution in [2.45, 2.75) is 6.61 Å². The van der Waals surface area contributed by atoms with Crippen LogP contribution in [-0.2, 0) is 6.61 Å². The summed E-state index contributed by atoms with van der Waals surface area (Å²) in [6, 6.07) is 13.3. The van der Waals surface area contributed by atoms with Crippen LogP contribution < -0.4 is 15.7 Å². The van der Waals surface area contributed by atoms with Crippen molar-refractivity contribution in [3.05, 3.63) is 98.1 Å². The van der Waals surface area contributed by atoms with E-state index >= 15 is 0 Å². The molecule has 5 nitrogen and oxygen atoms in total. The van der Waals surface area contributed by atoms with Gasteiger partial charge < -0.3 is 10.2 Å². The van der Waals surface area contributed by atoms with Crippen LogP contribution in [0.15, 0.2) is 65.6 Å². The summed E-state index contributed by atoms with van der Waals surface area (Å²) >= 11 is 12.0. The Kier molecular flexibility index (Phi) is 5.78. The van der Waals surface area contributed by atoms with Crippen LogP contribution in [0.4, 0.5) is 10.1 Å². The predicted molar refractivity (Wildman–Crippen MR) is 102 cm³/mol. The molecule has 1 N–H and O–H groups in total. The topological polar surface area (TPSA) is 60.3 Å². The van der Waals surface area contributed by atoms with Crippen molar-refractivity contribution in [3.8, 4) is 0 Å². The normalized spacial score (nSPS) is 10.5. The Morgan fingerprint density at radius 1 is 1.07 bits per heavy atom. The Hall–Kier alpha value is -2.83. The molecule has 0 aliphatic rings. The molecule has 3 aromatic rings. The molecule has 0 saturated heterocycles. The zero-order chi connectivity index (χ0) is 19.4. The molecule has 27 heavy (non-hydrogen) atoms. The molecule has 0 unspecified atom stereocenters. The Labute approximate surface area is 163 Å². The first kappa shape index (κ1) is 18.9. The van der Waals surface area contributed by atoms with Crippen molar-refractivity contribution in [2.24, 2.45) is 0 Å². The van der Waals surface area contributed by atoms with E-state index < -0.39 is 11.5 Å². The maximum absolute atomic E-state index is 12.9. The van der Waals surface area contributed by atoms with Gasteiger partial charge in [-0.05, 0) is 42.0 Å². The van der Waals surface area contributed by atoms with Gasteiger partial charge in [-0.3, -0.25) is 9.59 Å². The second-order valence-electron chi connectivity index (χ2n) is 5.51. The summed E-state index contributed by atoms with van der Waals surface area (Å²) in [5.41, 5.74) is 0.183. The van der Waals surface area contributed by atoms with E-state index in [2.05, 4.69) is 5.32 Å². The largest absolute Gasteiger partial charge is 0.406 e. The maximum Gasteiger partial charge on any atom is 0.295 e. The van der Waals surface area contributed by atoms with Gasteiger partial charge in [-0.2, -0.15) is 4.73 Å². The monoisotopic (exact) mass is 406 g/mol. The fourth-order valence-electron chi connectivity index (χ4n) is 2.26.